The molecule has 0 saturated carbocycles. The quantitative estimate of drug-likeness (QED) is 0.923. The molecule has 0 aliphatic rings. The van der Waals surface area contributed by atoms with E-state index in [0.29, 0.717) is 23.0 Å². The first-order valence-electron chi connectivity index (χ1n) is 6.11. The van der Waals surface area contributed by atoms with Crippen LogP contribution in [0.15, 0.2) is 18.2 Å². The Morgan fingerprint density at radius 1 is 1.21 bits per heavy atom. The van der Waals surface area contributed by atoms with Crippen molar-refractivity contribution in [2.75, 3.05) is 6.61 Å². The molecule has 1 heterocycles. The van der Waals surface area contributed by atoms with Crippen LogP contribution in [0.1, 0.15) is 23.9 Å². The van der Waals surface area contributed by atoms with E-state index >= 15 is 0 Å². The van der Waals surface area contributed by atoms with E-state index in [-0.39, 0.29) is 6.61 Å². The third kappa shape index (κ3) is 3.47. The van der Waals surface area contributed by atoms with Gasteiger partial charge >= 0.3 is 0 Å². The number of aliphatic hydroxyl groups excluding tert-OH is 1. The molecule has 0 spiro atoms. The van der Waals surface area contributed by atoms with Crippen molar-refractivity contribution < 1.29 is 5.11 Å². The van der Waals surface area contributed by atoms with E-state index in [1.165, 1.54) is 0 Å². The lowest BCUT2D eigenvalue weighted by Gasteiger charge is -2.07. The highest BCUT2D eigenvalue weighted by atomic mass is 35.5. The van der Waals surface area contributed by atoms with Crippen molar-refractivity contribution in [2.45, 2.75) is 26.3 Å². The molecule has 0 aliphatic carbocycles. The fourth-order valence-corrected chi connectivity index (χ4v) is 2.63. The van der Waals surface area contributed by atoms with Gasteiger partial charge in [0.1, 0.15) is 0 Å². The molecule has 0 amide bonds. The van der Waals surface area contributed by atoms with Crippen molar-refractivity contribution in [3.63, 3.8) is 0 Å². The number of halogens is 2. The highest BCUT2D eigenvalue weighted by molar-refractivity contribution is 6.34. The zero-order valence-corrected chi connectivity index (χ0v) is 12.1. The highest BCUT2D eigenvalue weighted by Crippen LogP contribution is 2.20. The molecule has 0 unspecified atom stereocenters. The molecule has 0 bridgehead atoms. The third-order valence-corrected chi connectivity index (χ3v) is 3.29. The summed E-state index contributed by atoms with van der Waals surface area (Å²) in [6.45, 7) is 2.69. The van der Waals surface area contributed by atoms with Crippen LogP contribution in [0, 0.1) is 0 Å². The molecule has 6 heteroatoms. The van der Waals surface area contributed by atoms with Gasteiger partial charge in [-0.1, -0.05) is 35.3 Å². The first-order valence-corrected chi connectivity index (χ1v) is 6.86. The van der Waals surface area contributed by atoms with Crippen molar-refractivity contribution in [2.24, 2.45) is 0 Å². The van der Waals surface area contributed by atoms with Gasteiger partial charge in [0.25, 0.3) is 0 Å². The van der Waals surface area contributed by atoms with E-state index in [2.05, 4.69) is 10.3 Å². The second-order valence-corrected chi connectivity index (χ2v) is 5.12. The second kappa shape index (κ2) is 6.37. The van der Waals surface area contributed by atoms with Gasteiger partial charge in [-0.2, -0.15) is 0 Å². The fourth-order valence-electron chi connectivity index (χ4n) is 2.06. The lowest BCUT2D eigenvalue weighted by atomic mass is 10.2. The smallest absolute Gasteiger partial charge is 0.0882 e. The molecular weight excluding hydrogens is 285 g/mol. The average molecular weight is 300 g/mol. The van der Waals surface area contributed by atoms with E-state index in [4.69, 9.17) is 28.3 Å². The molecule has 0 fully saturated rings. The monoisotopic (exact) mass is 299 g/mol. The Morgan fingerprint density at radius 2 is 1.89 bits per heavy atom. The Bertz CT molecular complexity index is 549. The first kappa shape index (κ1) is 14.3. The van der Waals surface area contributed by atoms with Gasteiger partial charge in [0.2, 0.25) is 0 Å². The van der Waals surface area contributed by atoms with Crippen LogP contribution in [-0.4, -0.2) is 26.7 Å². The predicted octanol–water partition coefficient (Wildman–Crippen LogP) is 2.73. The summed E-state index contributed by atoms with van der Waals surface area (Å²) in [6, 6.07) is 5.42. The highest BCUT2D eigenvalue weighted by Gasteiger charge is 2.11. The molecule has 0 atom stereocenters. The summed E-state index contributed by atoms with van der Waals surface area (Å²) >= 11 is 12.0. The minimum Gasteiger partial charge on any atom is -0.396 e. The van der Waals surface area contributed by atoms with E-state index in [9.17, 15) is 0 Å². The molecule has 102 valence electrons. The zero-order valence-electron chi connectivity index (χ0n) is 10.6. The van der Waals surface area contributed by atoms with Gasteiger partial charge in [0.15, 0.2) is 0 Å². The Hall–Kier alpha value is -1.10. The summed E-state index contributed by atoms with van der Waals surface area (Å²) in [7, 11) is 0. The summed E-state index contributed by atoms with van der Waals surface area (Å²) in [6.07, 6.45) is 1.34. The average Bonchev–Trinajstić information content (AvgIpc) is 2.70. The largest absolute Gasteiger partial charge is 0.396 e. The van der Waals surface area contributed by atoms with Crippen LogP contribution in [0.25, 0.3) is 0 Å². The molecule has 2 aromatic rings. The molecule has 0 aliphatic heterocycles. The maximum Gasteiger partial charge on any atom is 0.0882 e. The number of rotatable bonds is 5. The van der Waals surface area contributed by atoms with Gasteiger partial charge in [0, 0.05) is 23.1 Å². The molecule has 0 radical (unpaired) electrons. The van der Waals surface area contributed by atoms with Gasteiger partial charge in [-0.3, -0.25) is 0 Å². The van der Waals surface area contributed by atoms with Crippen molar-refractivity contribution >= 4 is 23.2 Å². The van der Waals surface area contributed by atoms with E-state index < -0.39 is 0 Å². The van der Waals surface area contributed by atoms with Crippen LogP contribution in [0.2, 0.25) is 10.0 Å². The molecule has 4 nitrogen and oxygen atoms in total. The third-order valence-electron chi connectivity index (χ3n) is 2.86. The number of aromatic nitrogens is 3. The molecule has 1 aromatic carbocycles. The predicted molar refractivity (Wildman–Crippen MR) is 75.8 cm³/mol. The number of benzene rings is 1. The maximum absolute atomic E-state index is 9.00. The van der Waals surface area contributed by atoms with Gasteiger partial charge in [-0.15, -0.1) is 5.10 Å². The molecule has 1 N–H and O–H groups in total. The first-order chi connectivity index (χ1) is 9.13. The van der Waals surface area contributed by atoms with Gasteiger partial charge in [-0.05, 0) is 30.2 Å². The number of hydrogen-bond acceptors (Lipinski definition) is 3. The molecule has 2 rings (SSSR count). The summed E-state index contributed by atoms with van der Waals surface area (Å²) in [5.74, 6) is 0. The lowest BCUT2D eigenvalue weighted by molar-refractivity contribution is 0.298. The minimum absolute atomic E-state index is 0.0781. The normalized spacial score (nSPS) is 10.9. The summed E-state index contributed by atoms with van der Waals surface area (Å²) in [5.41, 5.74) is 2.86. The maximum atomic E-state index is 9.00. The van der Waals surface area contributed by atoms with Gasteiger partial charge < -0.3 is 5.11 Å². The second-order valence-electron chi connectivity index (χ2n) is 4.25. The molecule has 0 saturated heterocycles. The molecule has 1 aromatic heterocycles. The van der Waals surface area contributed by atoms with E-state index in [1.807, 2.05) is 23.7 Å². The van der Waals surface area contributed by atoms with Crippen LogP contribution in [0.3, 0.4) is 0 Å². The van der Waals surface area contributed by atoms with Crippen LogP contribution in [0.4, 0.5) is 0 Å². The zero-order chi connectivity index (χ0) is 13.8. The van der Waals surface area contributed by atoms with E-state index in [1.54, 1.807) is 6.07 Å². The van der Waals surface area contributed by atoms with Crippen molar-refractivity contribution in [3.8, 4) is 0 Å². The summed E-state index contributed by atoms with van der Waals surface area (Å²) in [4.78, 5) is 0. The fraction of sp³-hybridized carbons (Fsp3) is 0.385. The van der Waals surface area contributed by atoms with Crippen LogP contribution in [0.5, 0.6) is 0 Å². The van der Waals surface area contributed by atoms with Crippen LogP contribution in [-0.2, 0) is 19.4 Å². The number of aliphatic hydroxyl groups is 1. The summed E-state index contributed by atoms with van der Waals surface area (Å²) < 4.78 is 1.83. The standard InChI is InChI=1S/C13H15Cl2N3O/c1-2-13-12(3-4-19)16-17-18(13)8-9-5-10(14)7-11(15)6-9/h5-7,19H,2-4,8H2,1H3. The molecule has 19 heavy (non-hydrogen) atoms. The van der Waals surface area contributed by atoms with Crippen molar-refractivity contribution in [3.05, 3.63) is 45.2 Å². The van der Waals surface area contributed by atoms with E-state index in [0.717, 1.165) is 23.4 Å². The summed E-state index contributed by atoms with van der Waals surface area (Å²) in [5, 5.41) is 18.4. The topological polar surface area (TPSA) is 50.9 Å². The number of nitrogens with zero attached hydrogens (tertiary/aromatic N) is 3. The van der Waals surface area contributed by atoms with Gasteiger partial charge in [-0.25, -0.2) is 4.68 Å². The van der Waals surface area contributed by atoms with Crippen LogP contribution < -0.4 is 0 Å². The Kier molecular flexibility index (Phi) is 4.80. The Labute approximate surface area is 122 Å². The minimum atomic E-state index is 0.0781. The van der Waals surface area contributed by atoms with Gasteiger partial charge in [0.05, 0.1) is 17.9 Å². The SMILES string of the molecule is CCc1c(CCO)nnn1Cc1cc(Cl)cc(Cl)c1. The van der Waals surface area contributed by atoms with Crippen molar-refractivity contribution in [1.29, 1.82) is 0 Å². The Balaban J connectivity index is 2.27. The van der Waals surface area contributed by atoms with Crippen LogP contribution >= 0.6 is 23.2 Å². The Morgan fingerprint density at radius 3 is 2.47 bits per heavy atom. The van der Waals surface area contributed by atoms with Crippen molar-refractivity contribution in [1.82, 2.24) is 15.0 Å². The molecular formula is C13H15Cl2N3O. The number of hydrogen-bond donors (Lipinski definition) is 1. The lowest BCUT2D eigenvalue weighted by Crippen LogP contribution is -2.07.